The van der Waals surface area contributed by atoms with Crippen molar-refractivity contribution in [2.75, 3.05) is 39.6 Å². The van der Waals surface area contributed by atoms with Gasteiger partial charge in [0.05, 0.1) is 26.4 Å². The van der Waals surface area contributed by atoms with Crippen molar-refractivity contribution in [2.45, 2.75) is 388 Å². The minimum atomic E-state index is -4.95. The normalized spacial score (nSPS) is 14.4. The van der Waals surface area contributed by atoms with Gasteiger partial charge in [-0.1, -0.05) is 318 Å². The number of phosphoric ester groups is 2. The van der Waals surface area contributed by atoms with Crippen molar-refractivity contribution in [1.82, 2.24) is 0 Å². The molecule has 546 valence electrons. The first kappa shape index (κ1) is 90.1. The van der Waals surface area contributed by atoms with Crippen LogP contribution >= 0.6 is 15.6 Å². The first-order valence-electron chi connectivity index (χ1n) is 37.9. The summed E-state index contributed by atoms with van der Waals surface area (Å²) in [5.41, 5.74) is 0. The standard InChI is InChI=1S/C73H142O17P2/c1-8-10-11-12-13-32-40-47-54-70(75)83-61-69(90-73(78)57-50-43-36-35-39-46-53-66(7)9-2)63-88-92(81,82)86-59-67(74)58-85-91(79,80)87-62-68(60-84-71(76)55-48-41-33-28-25-24-27-31-38-45-52-65(5)6)89-72(77)56-49-42-34-29-23-21-19-17-15-14-16-18-20-22-26-30-37-44-51-64(3)4/h64-69,74H,8-63H2,1-7H3,(H,79,80)(H,81,82)/t66?,67-,68-,69-/m1/s1. The average Bonchev–Trinajstić information content (AvgIpc) is 1.95. The van der Waals surface area contributed by atoms with E-state index in [1.165, 1.54) is 173 Å². The highest BCUT2D eigenvalue weighted by Crippen LogP contribution is 2.45. The first-order chi connectivity index (χ1) is 44.3. The Morgan fingerprint density at radius 2 is 0.554 bits per heavy atom. The summed E-state index contributed by atoms with van der Waals surface area (Å²) in [5.74, 6) is 0.171. The fourth-order valence-electron chi connectivity index (χ4n) is 11.0. The Kier molecular flexibility index (Phi) is 62.4. The van der Waals surface area contributed by atoms with Gasteiger partial charge in [0, 0.05) is 25.7 Å². The Morgan fingerprint density at radius 1 is 0.315 bits per heavy atom. The van der Waals surface area contributed by atoms with Crippen LogP contribution in [0.5, 0.6) is 0 Å². The molecule has 19 heteroatoms. The summed E-state index contributed by atoms with van der Waals surface area (Å²) in [6, 6.07) is 0. The van der Waals surface area contributed by atoms with Crippen molar-refractivity contribution in [3.63, 3.8) is 0 Å². The number of rotatable bonds is 71. The average molecular weight is 1350 g/mol. The molecule has 0 aliphatic carbocycles. The predicted molar refractivity (Wildman–Crippen MR) is 372 cm³/mol. The lowest BCUT2D eigenvalue weighted by atomic mass is 10.00. The molecule has 0 aliphatic heterocycles. The third-order valence-electron chi connectivity index (χ3n) is 17.2. The Balaban J connectivity index is 5.17. The molecule has 0 saturated carbocycles. The van der Waals surface area contributed by atoms with Crippen LogP contribution in [0.25, 0.3) is 0 Å². The number of esters is 4. The maximum Gasteiger partial charge on any atom is 0.472 e. The van der Waals surface area contributed by atoms with E-state index in [0.717, 1.165) is 114 Å². The molecule has 3 N–H and O–H groups in total. The van der Waals surface area contributed by atoms with Gasteiger partial charge in [0.2, 0.25) is 0 Å². The van der Waals surface area contributed by atoms with Gasteiger partial charge in [-0.25, -0.2) is 9.13 Å². The minimum Gasteiger partial charge on any atom is -0.462 e. The summed E-state index contributed by atoms with van der Waals surface area (Å²) in [5, 5.41) is 10.6. The van der Waals surface area contributed by atoms with Gasteiger partial charge in [-0.05, 0) is 43.4 Å². The molecule has 0 aromatic rings. The second-order valence-corrected chi connectivity index (χ2v) is 30.4. The van der Waals surface area contributed by atoms with Crippen molar-refractivity contribution in [2.24, 2.45) is 17.8 Å². The zero-order valence-corrected chi connectivity index (χ0v) is 61.8. The molecule has 3 unspecified atom stereocenters. The quantitative estimate of drug-likeness (QED) is 0.0222. The van der Waals surface area contributed by atoms with Crippen LogP contribution in [0.15, 0.2) is 0 Å². The minimum absolute atomic E-state index is 0.103. The number of aliphatic hydroxyl groups is 1. The topological polar surface area (TPSA) is 237 Å². The molecule has 6 atom stereocenters. The highest BCUT2D eigenvalue weighted by molar-refractivity contribution is 7.47. The van der Waals surface area contributed by atoms with Crippen molar-refractivity contribution < 1.29 is 80.2 Å². The fourth-order valence-corrected chi connectivity index (χ4v) is 12.6. The van der Waals surface area contributed by atoms with E-state index in [1.807, 2.05) is 0 Å². The molecule has 0 heterocycles. The van der Waals surface area contributed by atoms with Crippen molar-refractivity contribution in [3.05, 3.63) is 0 Å². The number of unbranched alkanes of at least 4 members (excludes halogenated alkanes) is 38. The summed E-state index contributed by atoms with van der Waals surface area (Å²) in [6.45, 7) is 11.8. The lowest BCUT2D eigenvalue weighted by molar-refractivity contribution is -0.161. The van der Waals surface area contributed by atoms with Crippen LogP contribution in [0.3, 0.4) is 0 Å². The van der Waals surface area contributed by atoms with E-state index >= 15 is 0 Å². The Bertz CT molecular complexity index is 1800. The van der Waals surface area contributed by atoms with E-state index in [-0.39, 0.29) is 25.7 Å². The highest BCUT2D eigenvalue weighted by Gasteiger charge is 2.30. The van der Waals surface area contributed by atoms with Gasteiger partial charge in [0.25, 0.3) is 0 Å². The molecule has 0 bridgehead atoms. The van der Waals surface area contributed by atoms with Gasteiger partial charge in [-0.2, -0.15) is 0 Å². The fraction of sp³-hybridized carbons (Fsp3) is 0.945. The Labute approximate surface area is 562 Å². The summed E-state index contributed by atoms with van der Waals surface area (Å²) < 4.78 is 68.3. The number of ether oxygens (including phenoxy) is 4. The molecule has 0 rings (SSSR count). The van der Waals surface area contributed by atoms with Gasteiger partial charge in [0.15, 0.2) is 12.2 Å². The van der Waals surface area contributed by atoms with E-state index in [0.29, 0.717) is 25.7 Å². The van der Waals surface area contributed by atoms with Crippen LogP contribution in [-0.4, -0.2) is 96.7 Å². The van der Waals surface area contributed by atoms with Gasteiger partial charge in [0.1, 0.15) is 19.3 Å². The molecule has 0 radical (unpaired) electrons. The lowest BCUT2D eigenvalue weighted by Gasteiger charge is -2.21. The van der Waals surface area contributed by atoms with E-state index in [1.54, 1.807) is 0 Å². The zero-order chi connectivity index (χ0) is 68.0. The Morgan fingerprint density at radius 3 is 0.826 bits per heavy atom. The molecule has 0 aliphatic rings. The molecule has 0 aromatic carbocycles. The smallest absolute Gasteiger partial charge is 0.462 e. The second kappa shape index (κ2) is 63.8. The van der Waals surface area contributed by atoms with E-state index in [4.69, 9.17) is 37.0 Å². The highest BCUT2D eigenvalue weighted by atomic mass is 31.2. The van der Waals surface area contributed by atoms with Gasteiger partial charge in [-0.3, -0.25) is 37.3 Å². The van der Waals surface area contributed by atoms with Crippen molar-refractivity contribution in [1.29, 1.82) is 0 Å². The molecule has 0 amide bonds. The molecule has 0 fully saturated rings. The predicted octanol–water partition coefficient (Wildman–Crippen LogP) is 21.0. The molecular weight excluding hydrogens is 1210 g/mol. The number of carbonyl (C=O) groups is 4. The first-order valence-corrected chi connectivity index (χ1v) is 40.9. The van der Waals surface area contributed by atoms with Gasteiger partial charge in [-0.15, -0.1) is 0 Å². The van der Waals surface area contributed by atoms with Crippen LogP contribution in [0.1, 0.15) is 370 Å². The van der Waals surface area contributed by atoms with Crippen LogP contribution in [0, 0.1) is 17.8 Å². The zero-order valence-electron chi connectivity index (χ0n) is 60.0. The molecule has 92 heavy (non-hydrogen) atoms. The number of carbonyl (C=O) groups excluding carboxylic acids is 4. The second-order valence-electron chi connectivity index (χ2n) is 27.5. The Hall–Kier alpha value is -1.94. The van der Waals surface area contributed by atoms with E-state index in [9.17, 15) is 43.2 Å². The summed E-state index contributed by atoms with van der Waals surface area (Å²) in [6.07, 6.45) is 48.8. The van der Waals surface area contributed by atoms with Gasteiger partial charge < -0.3 is 33.8 Å². The molecule has 0 aromatic heterocycles. The maximum atomic E-state index is 13.1. The van der Waals surface area contributed by atoms with E-state index < -0.39 is 97.5 Å². The molecule has 17 nitrogen and oxygen atoms in total. The van der Waals surface area contributed by atoms with Crippen molar-refractivity contribution >= 4 is 39.5 Å². The number of phosphoric acid groups is 2. The third-order valence-corrected chi connectivity index (χ3v) is 19.1. The number of hydrogen-bond acceptors (Lipinski definition) is 15. The number of aliphatic hydroxyl groups excluding tert-OH is 1. The van der Waals surface area contributed by atoms with Crippen LogP contribution in [-0.2, 0) is 65.4 Å². The van der Waals surface area contributed by atoms with Crippen LogP contribution in [0.4, 0.5) is 0 Å². The summed E-state index contributed by atoms with van der Waals surface area (Å²) in [7, 11) is -9.90. The maximum absolute atomic E-state index is 13.1. The van der Waals surface area contributed by atoms with Crippen molar-refractivity contribution in [3.8, 4) is 0 Å². The van der Waals surface area contributed by atoms with E-state index in [2.05, 4.69) is 48.5 Å². The summed E-state index contributed by atoms with van der Waals surface area (Å²) >= 11 is 0. The number of hydrogen-bond donors (Lipinski definition) is 3. The third kappa shape index (κ3) is 65.4. The molecule has 0 saturated heterocycles. The van der Waals surface area contributed by atoms with Gasteiger partial charge >= 0.3 is 39.5 Å². The molecular formula is C73H142O17P2. The monoisotopic (exact) mass is 1350 g/mol. The lowest BCUT2D eigenvalue weighted by Crippen LogP contribution is -2.30. The summed E-state index contributed by atoms with van der Waals surface area (Å²) in [4.78, 5) is 72.5. The van der Waals surface area contributed by atoms with Crippen LogP contribution < -0.4 is 0 Å². The largest absolute Gasteiger partial charge is 0.472 e. The van der Waals surface area contributed by atoms with Crippen LogP contribution in [0.2, 0.25) is 0 Å². The molecule has 0 spiro atoms. The SMILES string of the molecule is CCCCCCCCCCC(=O)OC[C@H](COP(=O)(O)OC[C@H](O)COP(=O)(O)OC[C@@H](COC(=O)CCCCCCCCCCCCC(C)C)OC(=O)CCCCCCCCCCCCCCCCCCCCC(C)C)OC(=O)CCCCCCCCC(C)CC.